The molecule has 88 valence electrons. The van der Waals surface area contributed by atoms with E-state index < -0.39 is 28.4 Å². The van der Waals surface area contributed by atoms with E-state index >= 15 is 0 Å². The summed E-state index contributed by atoms with van der Waals surface area (Å²) in [6.07, 6.45) is -4.93. The number of Topliss-reactive ketones (excluding diaryl/α,β-unsaturated/α-hetero) is 1. The molecule has 1 nitrogen and oxygen atoms in total. The Labute approximate surface area is 102 Å². The Morgan fingerprint density at radius 3 is 2.38 bits per heavy atom. The minimum absolute atomic E-state index is 0.185. The topological polar surface area (TPSA) is 17.1 Å². The highest BCUT2D eigenvalue weighted by Crippen LogP contribution is 2.38. The van der Waals surface area contributed by atoms with Gasteiger partial charge in [-0.15, -0.1) is 0 Å². The summed E-state index contributed by atoms with van der Waals surface area (Å²) in [7, 11) is 0. The van der Waals surface area contributed by atoms with Gasteiger partial charge < -0.3 is 0 Å². The maximum Gasteiger partial charge on any atom is 0.420 e. The van der Waals surface area contributed by atoms with Crippen LogP contribution in [0.2, 0.25) is 5.02 Å². The van der Waals surface area contributed by atoms with Gasteiger partial charge in [0.15, 0.2) is 5.78 Å². The Morgan fingerprint density at radius 2 is 1.94 bits per heavy atom. The standard InChI is InChI=1S/C9H4BrClF4O/c10-3-6(16)4-1-2-5(12)7(8(4)11)9(13,14)15/h1-2H,3H2. The van der Waals surface area contributed by atoms with Gasteiger partial charge in [-0.25, -0.2) is 4.39 Å². The highest BCUT2D eigenvalue weighted by molar-refractivity contribution is 9.09. The predicted molar refractivity (Wildman–Crippen MR) is 54.5 cm³/mol. The van der Waals surface area contributed by atoms with Crippen molar-refractivity contribution in [3.05, 3.63) is 34.1 Å². The van der Waals surface area contributed by atoms with Crippen LogP contribution in [0.15, 0.2) is 12.1 Å². The van der Waals surface area contributed by atoms with Crippen molar-refractivity contribution in [3.8, 4) is 0 Å². The van der Waals surface area contributed by atoms with Crippen LogP contribution in [0, 0.1) is 5.82 Å². The molecule has 0 saturated carbocycles. The number of hydrogen-bond acceptors (Lipinski definition) is 1. The van der Waals surface area contributed by atoms with Gasteiger partial charge in [0.2, 0.25) is 0 Å². The van der Waals surface area contributed by atoms with Crippen LogP contribution in [-0.4, -0.2) is 11.1 Å². The first-order valence-corrected chi connectivity index (χ1v) is 5.43. The molecule has 1 aromatic rings. The molecule has 0 saturated heterocycles. The van der Waals surface area contributed by atoms with Gasteiger partial charge in [0.25, 0.3) is 0 Å². The van der Waals surface area contributed by atoms with Crippen LogP contribution in [0.4, 0.5) is 17.6 Å². The van der Waals surface area contributed by atoms with E-state index in [1.807, 2.05) is 0 Å². The van der Waals surface area contributed by atoms with E-state index in [0.29, 0.717) is 6.07 Å². The second kappa shape index (κ2) is 4.71. The lowest BCUT2D eigenvalue weighted by Gasteiger charge is -2.12. The van der Waals surface area contributed by atoms with Gasteiger partial charge in [-0.2, -0.15) is 13.2 Å². The van der Waals surface area contributed by atoms with Crippen molar-refractivity contribution in [3.63, 3.8) is 0 Å². The third-order valence-electron chi connectivity index (χ3n) is 1.80. The number of alkyl halides is 4. The molecule has 0 bridgehead atoms. The first kappa shape index (κ1) is 13.4. The van der Waals surface area contributed by atoms with Gasteiger partial charge in [0.1, 0.15) is 11.4 Å². The van der Waals surface area contributed by atoms with Crippen LogP contribution in [0.25, 0.3) is 0 Å². The fourth-order valence-electron chi connectivity index (χ4n) is 1.10. The third-order valence-corrected chi connectivity index (χ3v) is 2.70. The first-order chi connectivity index (χ1) is 7.29. The monoisotopic (exact) mass is 318 g/mol. The third kappa shape index (κ3) is 2.55. The van der Waals surface area contributed by atoms with E-state index in [1.165, 1.54) is 0 Å². The van der Waals surface area contributed by atoms with Gasteiger partial charge in [0.05, 0.1) is 10.4 Å². The predicted octanol–water partition coefficient (Wildman–Crippen LogP) is 4.08. The quantitative estimate of drug-likeness (QED) is 0.456. The van der Waals surface area contributed by atoms with Crippen molar-refractivity contribution >= 4 is 33.3 Å². The van der Waals surface area contributed by atoms with Crippen molar-refractivity contribution in [1.29, 1.82) is 0 Å². The molecule has 0 amide bonds. The van der Waals surface area contributed by atoms with Gasteiger partial charge in [-0.1, -0.05) is 27.5 Å². The lowest BCUT2D eigenvalue weighted by atomic mass is 10.1. The molecule has 1 aromatic carbocycles. The normalized spacial score (nSPS) is 11.6. The fraction of sp³-hybridized carbons (Fsp3) is 0.222. The number of rotatable bonds is 2. The molecule has 0 N–H and O–H groups in total. The zero-order valence-electron chi connectivity index (χ0n) is 7.54. The Kier molecular flexibility index (Phi) is 3.96. The van der Waals surface area contributed by atoms with Crippen molar-refractivity contribution in [2.45, 2.75) is 6.18 Å². The molecular weight excluding hydrogens is 315 g/mol. The minimum Gasteiger partial charge on any atom is -0.293 e. The van der Waals surface area contributed by atoms with Gasteiger partial charge in [-0.05, 0) is 12.1 Å². The molecule has 1 rings (SSSR count). The Hall–Kier alpha value is -0.620. The van der Waals surface area contributed by atoms with Gasteiger partial charge in [-0.3, -0.25) is 4.79 Å². The lowest BCUT2D eigenvalue weighted by Crippen LogP contribution is -2.12. The number of carbonyl (C=O) groups excluding carboxylic acids is 1. The van der Waals surface area contributed by atoms with Gasteiger partial charge in [0, 0.05) is 5.56 Å². The Bertz CT molecular complexity index is 430. The van der Waals surface area contributed by atoms with Crippen LogP contribution >= 0.6 is 27.5 Å². The van der Waals surface area contributed by atoms with E-state index in [-0.39, 0.29) is 10.9 Å². The summed E-state index contributed by atoms with van der Waals surface area (Å²) in [6.45, 7) is 0. The largest absolute Gasteiger partial charge is 0.420 e. The maximum absolute atomic E-state index is 13.0. The molecular formula is C9H4BrClF4O. The highest BCUT2D eigenvalue weighted by atomic mass is 79.9. The molecule has 0 heterocycles. The van der Waals surface area contributed by atoms with Crippen LogP contribution in [0.5, 0.6) is 0 Å². The summed E-state index contributed by atoms with van der Waals surface area (Å²) in [5.41, 5.74) is -1.96. The second-order valence-electron chi connectivity index (χ2n) is 2.84. The molecule has 0 aliphatic heterocycles. The fourth-order valence-corrected chi connectivity index (χ4v) is 1.77. The summed E-state index contributed by atoms with van der Waals surface area (Å²) in [5.74, 6) is -2.14. The highest BCUT2D eigenvalue weighted by Gasteiger charge is 2.38. The summed E-state index contributed by atoms with van der Waals surface area (Å²) >= 11 is 8.17. The molecule has 0 aliphatic carbocycles. The second-order valence-corrected chi connectivity index (χ2v) is 3.78. The maximum atomic E-state index is 13.0. The molecule has 16 heavy (non-hydrogen) atoms. The van der Waals surface area contributed by atoms with Gasteiger partial charge >= 0.3 is 6.18 Å². The number of halogens is 6. The smallest absolute Gasteiger partial charge is 0.293 e. The van der Waals surface area contributed by atoms with Crippen molar-refractivity contribution < 1.29 is 22.4 Å². The number of ketones is 1. The van der Waals surface area contributed by atoms with Crippen LogP contribution < -0.4 is 0 Å². The SMILES string of the molecule is O=C(CBr)c1ccc(F)c(C(F)(F)F)c1Cl. The zero-order chi connectivity index (χ0) is 12.5. The Morgan fingerprint density at radius 1 is 1.38 bits per heavy atom. The van der Waals surface area contributed by atoms with E-state index in [1.54, 1.807) is 0 Å². The van der Waals surface area contributed by atoms with E-state index in [9.17, 15) is 22.4 Å². The van der Waals surface area contributed by atoms with Crippen LogP contribution in [0.1, 0.15) is 15.9 Å². The molecule has 0 aromatic heterocycles. The molecule has 0 unspecified atom stereocenters. The summed E-state index contributed by atoms with van der Waals surface area (Å²) < 4.78 is 50.2. The van der Waals surface area contributed by atoms with E-state index in [0.717, 1.165) is 6.07 Å². The number of carbonyl (C=O) groups is 1. The number of hydrogen-bond donors (Lipinski definition) is 0. The van der Waals surface area contributed by atoms with Crippen LogP contribution in [-0.2, 0) is 6.18 Å². The van der Waals surface area contributed by atoms with E-state index in [2.05, 4.69) is 15.9 Å². The average molecular weight is 319 g/mol. The zero-order valence-corrected chi connectivity index (χ0v) is 9.88. The van der Waals surface area contributed by atoms with Crippen molar-refractivity contribution in [2.75, 3.05) is 5.33 Å². The summed E-state index contributed by atoms with van der Waals surface area (Å²) in [4.78, 5) is 11.2. The molecule has 0 aliphatic rings. The lowest BCUT2D eigenvalue weighted by molar-refractivity contribution is -0.139. The number of benzene rings is 1. The molecule has 0 fully saturated rings. The molecule has 0 atom stereocenters. The van der Waals surface area contributed by atoms with Crippen molar-refractivity contribution in [1.82, 2.24) is 0 Å². The molecule has 0 radical (unpaired) electrons. The Balaban J connectivity index is 3.45. The average Bonchev–Trinajstić information content (AvgIpc) is 2.14. The molecule has 7 heteroatoms. The molecule has 0 spiro atoms. The van der Waals surface area contributed by atoms with E-state index in [4.69, 9.17) is 11.6 Å². The minimum atomic E-state index is -4.93. The summed E-state index contributed by atoms with van der Waals surface area (Å²) in [5, 5.41) is -1.09. The first-order valence-electron chi connectivity index (χ1n) is 3.93. The van der Waals surface area contributed by atoms with Crippen LogP contribution in [0.3, 0.4) is 0 Å². The van der Waals surface area contributed by atoms with Crippen molar-refractivity contribution in [2.24, 2.45) is 0 Å². The summed E-state index contributed by atoms with van der Waals surface area (Å²) in [6, 6.07) is 1.50.